The maximum Gasteiger partial charge on any atom is 0.152 e. The molecule has 0 aromatic carbocycles. The Kier molecular flexibility index (Phi) is 3.77. The van der Waals surface area contributed by atoms with Gasteiger partial charge in [-0.15, -0.1) is 0 Å². The van der Waals surface area contributed by atoms with Gasteiger partial charge in [-0.25, -0.2) is 18.4 Å². The Morgan fingerprint density at radius 3 is 2.67 bits per heavy atom. The number of hydrogen-bond acceptors (Lipinski definition) is 6. The zero-order chi connectivity index (χ0) is 15.0. The fraction of sp³-hybridized carbons (Fsp3) is 0.714. The molecule has 1 atom stereocenters. The van der Waals surface area contributed by atoms with Gasteiger partial charge in [-0.2, -0.15) is 0 Å². The lowest BCUT2D eigenvalue weighted by molar-refractivity contribution is 0.600. The second-order valence-electron chi connectivity index (χ2n) is 5.94. The van der Waals surface area contributed by atoms with E-state index in [1.807, 2.05) is 24.9 Å². The Labute approximate surface area is 125 Å². The van der Waals surface area contributed by atoms with E-state index in [0.29, 0.717) is 12.3 Å². The molecule has 6 nitrogen and oxygen atoms in total. The third-order valence-corrected chi connectivity index (χ3v) is 5.90. The van der Waals surface area contributed by atoms with Crippen LogP contribution >= 0.6 is 0 Å². The summed E-state index contributed by atoms with van der Waals surface area (Å²) in [6, 6.07) is 1.94. The molecule has 0 radical (unpaired) electrons. The molecule has 1 aromatic rings. The highest BCUT2D eigenvalue weighted by Gasteiger charge is 2.33. The standard InChI is InChI=1S/C14H22N4O2S/c1-3-15-12-8-13(17-14(16-12)10-4-5-10)18(2)11-6-7-21(19,20)9-11/h8,10-11H,3-7,9H2,1-2H3,(H,15,16,17). The average Bonchev–Trinajstić information content (AvgIpc) is 3.22. The van der Waals surface area contributed by atoms with Crippen molar-refractivity contribution in [2.45, 2.75) is 38.1 Å². The van der Waals surface area contributed by atoms with E-state index in [9.17, 15) is 8.42 Å². The molecule has 1 unspecified atom stereocenters. The summed E-state index contributed by atoms with van der Waals surface area (Å²) in [5.74, 6) is 3.52. The maximum absolute atomic E-state index is 11.7. The van der Waals surface area contributed by atoms with Gasteiger partial charge in [0.15, 0.2) is 9.84 Å². The number of hydrogen-bond donors (Lipinski definition) is 1. The first-order valence-electron chi connectivity index (χ1n) is 7.54. The fourth-order valence-corrected chi connectivity index (χ4v) is 4.47. The van der Waals surface area contributed by atoms with E-state index in [1.165, 1.54) is 0 Å². The van der Waals surface area contributed by atoms with E-state index in [0.717, 1.165) is 36.8 Å². The monoisotopic (exact) mass is 310 g/mol. The zero-order valence-corrected chi connectivity index (χ0v) is 13.4. The molecule has 1 N–H and O–H groups in total. The first-order valence-corrected chi connectivity index (χ1v) is 9.37. The Hall–Kier alpha value is -1.37. The lowest BCUT2D eigenvalue weighted by Gasteiger charge is -2.25. The van der Waals surface area contributed by atoms with Crippen LogP contribution in [0.25, 0.3) is 0 Å². The predicted octanol–water partition coefficient (Wildman–Crippen LogP) is 1.41. The van der Waals surface area contributed by atoms with Crippen molar-refractivity contribution >= 4 is 21.5 Å². The molecule has 1 aliphatic heterocycles. The van der Waals surface area contributed by atoms with Crippen molar-refractivity contribution in [3.05, 3.63) is 11.9 Å². The summed E-state index contributed by atoms with van der Waals surface area (Å²) in [6.45, 7) is 2.84. The number of sulfone groups is 1. The normalized spacial score (nSPS) is 24.0. The van der Waals surface area contributed by atoms with Crippen LogP contribution in [0.4, 0.5) is 11.6 Å². The molecule has 2 aliphatic rings. The molecule has 0 spiro atoms. The van der Waals surface area contributed by atoms with E-state index in [-0.39, 0.29) is 17.5 Å². The highest BCUT2D eigenvalue weighted by molar-refractivity contribution is 7.91. The molecule has 2 fully saturated rings. The fourth-order valence-electron chi connectivity index (χ4n) is 2.70. The summed E-state index contributed by atoms with van der Waals surface area (Å²) in [6.07, 6.45) is 2.98. The summed E-state index contributed by atoms with van der Waals surface area (Å²) < 4.78 is 23.3. The molecule has 0 bridgehead atoms. The second-order valence-corrected chi connectivity index (χ2v) is 8.17. The highest BCUT2D eigenvalue weighted by Crippen LogP contribution is 2.39. The minimum Gasteiger partial charge on any atom is -0.370 e. The zero-order valence-electron chi connectivity index (χ0n) is 12.5. The average molecular weight is 310 g/mol. The van der Waals surface area contributed by atoms with E-state index in [1.54, 1.807) is 0 Å². The van der Waals surface area contributed by atoms with Crippen LogP contribution in [-0.4, -0.2) is 49.5 Å². The molecule has 0 amide bonds. The molecule has 116 valence electrons. The molecular formula is C14H22N4O2S. The number of rotatable bonds is 5. The highest BCUT2D eigenvalue weighted by atomic mass is 32.2. The van der Waals surface area contributed by atoms with Crippen LogP contribution in [0, 0.1) is 0 Å². The lowest BCUT2D eigenvalue weighted by Crippen LogP contribution is -2.33. The van der Waals surface area contributed by atoms with E-state index in [2.05, 4.69) is 15.3 Å². The van der Waals surface area contributed by atoms with Crippen LogP contribution in [0.3, 0.4) is 0 Å². The SMILES string of the molecule is CCNc1cc(N(C)C2CCS(=O)(=O)C2)nc(C2CC2)n1. The molecule has 1 saturated carbocycles. The van der Waals surface area contributed by atoms with Crippen molar-refractivity contribution < 1.29 is 8.42 Å². The first kappa shape index (κ1) is 14.6. The van der Waals surface area contributed by atoms with Gasteiger partial charge in [0.1, 0.15) is 17.5 Å². The molecule has 1 saturated heterocycles. The quantitative estimate of drug-likeness (QED) is 0.886. The Morgan fingerprint density at radius 1 is 1.33 bits per heavy atom. The van der Waals surface area contributed by atoms with Gasteiger partial charge < -0.3 is 10.2 Å². The molecule has 2 heterocycles. The number of nitrogens with zero attached hydrogens (tertiary/aromatic N) is 3. The molecular weight excluding hydrogens is 288 g/mol. The van der Waals surface area contributed by atoms with E-state index in [4.69, 9.17) is 0 Å². The van der Waals surface area contributed by atoms with Gasteiger partial charge in [-0.3, -0.25) is 0 Å². The number of aromatic nitrogens is 2. The maximum atomic E-state index is 11.7. The lowest BCUT2D eigenvalue weighted by atomic mass is 10.2. The van der Waals surface area contributed by atoms with E-state index >= 15 is 0 Å². The van der Waals surface area contributed by atoms with Crippen molar-refractivity contribution in [3.63, 3.8) is 0 Å². The number of nitrogens with one attached hydrogen (secondary N) is 1. The summed E-state index contributed by atoms with van der Waals surface area (Å²) in [4.78, 5) is 11.2. The summed E-state index contributed by atoms with van der Waals surface area (Å²) in [5, 5.41) is 3.24. The van der Waals surface area contributed by atoms with Crippen molar-refractivity contribution in [2.75, 3.05) is 35.3 Å². The van der Waals surface area contributed by atoms with Gasteiger partial charge in [0.05, 0.1) is 11.5 Å². The van der Waals surface area contributed by atoms with Crippen LogP contribution in [-0.2, 0) is 9.84 Å². The van der Waals surface area contributed by atoms with Gasteiger partial charge in [0.2, 0.25) is 0 Å². The van der Waals surface area contributed by atoms with Crippen LogP contribution in [0.5, 0.6) is 0 Å². The summed E-state index contributed by atoms with van der Waals surface area (Å²) in [5.41, 5.74) is 0. The van der Waals surface area contributed by atoms with Gasteiger partial charge in [0.25, 0.3) is 0 Å². The molecule has 21 heavy (non-hydrogen) atoms. The third kappa shape index (κ3) is 3.28. The largest absolute Gasteiger partial charge is 0.370 e. The molecule has 1 aromatic heterocycles. The van der Waals surface area contributed by atoms with Crippen LogP contribution in [0.15, 0.2) is 6.07 Å². The van der Waals surface area contributed by atoms with Crippen molar-refractivity contribution in [1.29, 1.82) is 0 Å². The summed E-state index contributed by atoms with van der Waals surface area (Å²) in [7, 11) is -0.953. The minimum absolute atomic E-state index is 0.0198. The molecule has 3 rings (SSSR count). The van der Waals surface area contributed by atoms with Crippen molar-refractivity contribution in [1.82, 2.24) is 9.97 Å². The number of anilines is 2. The first-order chi connectivity index (χ1) is 9.98. The summed E-state index contributed by atoms with van der Waals surface area (Å²) >= 11 is 0. The van der Waals surface area contributed by atoms with Gasteiger partial charge >= 0.3 is 0 Å². The topological polar surface area (TPSA) is 75.2 Å². The Bertz CT molecular complexity index is 628. The smallest absolute Gasteiger partial charge is 0.152 e. The van der Waals surface area contributed by atoms with Crippen molar-refractivity contribution in [3.8, 4) is 0 Å². The van der Waals surface area contributed by atoms with Gasteiger partial charge in [-0.1, -0.05) is 0 Å². The van der Waals surface area contributed by atoms with Crippen LogP contribution < -0.4 is 10.2 Å². The van der Waals surface area contributed by atoms with Crippen LogP contribution in [0.2, 0.25) is 0 Å². The minimum atomic E-state index is -2.88. The second kappa shape index (κ2) is 5.44. The van der Waals surface area contributed by atoms with Gasteiger partial charge in [0, 0.05) is 31.6 Å². The predicted molar refractivity (Wildman–Crippen MR) is 83.6 cm³/mol. The van der Waals surface area contributed by atoms with Crippen LogP contribution in [0.1, 0.15) is 37.9 Å². The van der Waals surface area contributed by atoms with Crippen molar-refractivity contribution in [2.24, 2.45) is 0 Å². The molecule has 1 aliphatic carbocycles. The van der Waals surface area contributed by atoms with E-state index < -0.39 is 9.84 Å². The third-order valence-electron chi connectivity index (χ3n) is 4.15. The Balaban J connectivity index is 1.86. The molecule has 7 heteroatoms. The Morgan fingerprint density at radius 2 is 2.10 bits per heavy atom. The van der Waals surface area contributed by atoms with Gasteiger partial charge in [-0.05, 0) is 26.2 Å².